The van der Waals surface area contributed by atoms with Gasteiger partial charge in [-0.2, -0.15) is 0 Å². The van der Waals surface area contributed by atoms with Gasteiger partial charge in [-0.1, -0.05) is 107 Å². The maximum absolute atomic E-state index is 14.7. The second kappa shape index (κ2) is 10.7. The Morgan fingerprint density at radius 2 is 1.07 bits per heavy atom. The van der Waals surface area contributed by atoms with E-state index in [4.69, 9.17) is 0 Å². The van der Waals surface area contributed by atoms with Crippen LogP contribution in [-0.2, 0) is 5.41 Å². The lowest BCUT2D eigenvalue weighted by atomic mass is 9.79. The summed E-state index contributed by atoms with van der Waals surface area (Å²) in [5.74, 6) is 3.46. The highest BCUT2D eigenvalue weighted by Crippen LogP contribution is 2.43. The Morgan fingerprint density at radius 1 is 0.619 bits per heavy atom. The predicted molar refractivity (Wildman–Crippen MR) is 185 cm³/mol. The first-order chi connectivity index (χ1) is 19.7. The van der Waals surface area contributed by atoms with Gasteiger partial charge in [0, 0.05) is 16.7 Å². The Kier molecular flexibility index (Phi) is 7.54. The van der Waals surface area contributed by atoms with Crippen molar-refractivity contribution in [2.45, 2.75) is 73.5 Å². The largest absolute Gasteiger partial charge is 0.289 e. The average Bonchev–Trinajstić information content (AvgIpc) is 2.89. The van der Waals surface area contributed by atoms with E-state index in [2.05, 4.69) is 139 Å². The first-order valence-electron chi connectivity index (χ1n) is 14.9. The van der Waals surface area contributed by atoms with Gasteiger partial charge in [0.15, 0.2) is 5.78 Å². The van der Waals surface area contributed by atoms with Gasteiger partial charge in [0.25, 0.3) is 0 Å². The van der Waals surface area contributed by atoms with Crippen molar-refractivity contribution in [3.05, 3.63) is 117 Å². The van der Waals surface area contributed by atoms with Crippen LogP contribution in [-0.4, -0.2) is 13.9 Å². The van der Waals surface area contributed by atoms with Crippen LogP contribution >= 0.6 is 0 Å². The van der Waals surface area contributed by atoms with Crippen LogP contribution in [0.2, 0.25) is 19.6 Å². The number of ketones is 1. The van der Waals surface area contributed by atoms with Crippen molar-refractivity contribution in [1.82, 2.24) is 0 Å². The molecule has 0 bridgehead atoms. The Hall–Kier alpha value is -3.93. The van der Waals surface area contributed by atoms with Gasteiger partial charge in [-0.15, -0.1) is 5.54 Å². The first-order valence-corrected chi connectivity index (χ1v) is 18.4. The summed E-state index contributed by atoms with van der Waals surface area (Å²) in [6.07, 6.45) is 0. The fourth-order valence-electron chi connectivity index (χ4n) is 6.21. The zero-order valence-corrected chi connectivity index (χ0v) is 27.8. The third kappa shape index (κ3) is 5.47. The molecule has 0 spiro atoms. The molecular weight excluding hydrogens is 525 g/mol. The van der Waals surface area contributed by atoms with E-state index in [-0.39, 0.29) is 11.2 Å². The quantitative estimate of drug-likeness (QED) is 0.0919. The summed E-state index contributed by atoms with van der Waals surface area (Å²) < 4.78 is 0. The molecule has 0 unspecified atom stereocenters. The summed E-state index contributed by atoms with van der Waals surface area (Å²) in [4.78, 5) is 14.7. The van der Waals surface area contributed by atoms with Crippen molar-refractivity contribution in [3.63, 3.8) is 0 Å². The van der Waals surface area contributed by atoms with E-state index in [1.807, 2.05) is 13.8 Å². The lowest BCUT2D eigenvalue weighted by molar-refractivity contribution is 0.104. The predicted octanol–water partition coefficient (Wildman–Crippen LogP) is 10.7. The van der Waals surface area contributed by atoms with Crippen LogP contribution < -0.4 is 0 Å². The molecular formula is C40H42OSi. The van der Waals surface area contributed by atoms with Gasteiger partial charge in [-0.05, 0) is 106 Å². The topological polar surface area (TPSA) is 17.1 Å². The standard InChI is InChI=1S/C40H42OSi/c1-25-21-29(19-20-42(8,9)10)22-26(2)36(25)39(41)38-33-17-13-11-15-31(33)37(32-16-12-14-18-34(32)38)35-27(3)23-30(24-28(35)4)40(5,6)7/h11-18,21-24H,1-10H3. The van der Waals surface area contributed by atoms with Gasteiger partial charge >= 0.3 is 0 Å². The fraction of sp³-hybridized carbons (Fsp3) is 0.275. The minimum Gasteiger partial charge on any atom is -0.289 e. The van der Waals surface area contributed by atoms with E-state index in [0.717, 1.165) is 49.4 Å². The Morgan fingerprint density at radius 3 is 1.50 bits per heavy atom. The highest BCUT2D eigenvalue weighted by molar-refractivity contribution is 6.83. The van der Waals surface area contributed by atoms with Gasteiger partial charge in [0.1, 0.15) is 8.07 Å². The molecule has 2 heteroatoms. The highest BCUT2D eigenvalue weighted by Gasteiger charge is 2.25. The number of carbonyl (C=O) groups is 1. The molecule has 0 radical (unpaired) electrons. The van der Waals surface area contributed by atoms with E-state index in [9.17, 15) is 4.79 Å². The molecule has 5 aromatic carbocycles. The van der Waals surface area contributed by atoms with Crippen molar-refractivity contribution in [1.29, 1.82) is 0 Å². The molecule has 0 aromatic heterocycles. The fourth-order valence-corrected chi connectivity index (χ4v) is 6.73. The molecule has 42 heavy (non-hydrogen) atoms. The molecule has 0 amide bonds. The number of fused-ring (bicyclic) bond motifs is 2. The van der Waals surface area contributed by atoms with Crippen LogP contribution in [0.1, 0.15) is 70.1 Å². The molecule has 0 heterocycles. The van der Waals surface area contributed by atoms with Gasteiger partial charge in [-0.3, -0.25) is 4.79 Å². The molecule has 1 nitrogen and oxygen atoms in total. The van der Waals surface area contributed by atoms with Crippen LogP contribution in [0.15, 0.2) is 72.8 Å². The molecule has 0 atom stereocenters. The number of hydrogen-bond acceptors (Lipinski definition) is 1. The third-order valence-corrected chi connectivity index (χ3v) is 9.02. The minimum atomic E-state index is -1.51. The van der Waals surface area contributed by atoms with Crippen LogP contribution in [0.25, 0.3) is 32.7 Å². The zero-order chi connectivity index (χ0) is 30.6. The molecule has 5 rings (SSSR count). The van der Waals surface area contributed by atoms with Crippen molar-refractivity contribution >= 4 is 35.4 Å². The van der Waals surface area contributed by atoms with Gasteiger partial charge in [-0.25, -0.2) is 0 Å². The molecule has 0 fully saturated rings. The summed E-state index contributed by atoms with van der Waals surface area (Å²) in [5.41, 5.74) is 14.3. The maximum atomic E-state index is 14.7. The monoisotopic (exact) mass is 566 g/mol. The number of hydrogen-bond donors (Lipinski definition) is 0. The highest BCUT2D eigenvalue weighted by atomic mass is 28.3. The molecule has 5 aromatic rings. The van der Waals surface area contributed by atoms with Crippen molar-refractivity contribution in [2.24, 2.45) is 0 Å². The van der Waals surface area contributed by atoms with E-state index in [1.54, 1.807) is 0 Å². The average molecular weight is 567 g/mol. The van der Waals surface area contributed by atoms with E-state index in [0.29, 0.717) is 0 Å². The molecule has 0 N–H and O–H groups in total. The smallest absolute Gasteiger partial charge is 0.194 e. The van der Waals surface area contributed by atoms with Crippen LogP contribution in [0.4, 0.5) is 0 Å². The van der Waals surface area contributed by atoms with Crippen molar-refractivity contribution < 1.29 is 4.79 Å². The Bertz CT molecular complexity index is 1850. The molecule has 0 saturated carbocycles. The number of carbonyl (C=O) groups excluding carboxylic acids is 1. The third-order valence-electron chi connectivity index (χ3n) is 8.15. The molecule has 0 saturated heterocycles. The molecule has 0 aliphatic carbocycles. The summed E-state index contributed by atoms with van der Waals surface area (Å²) in [6, 6.07) is 25.7. The molecule has 212 valence electrons. The number of rotatable bonds is 3. The van der Waals surface area contributed by atoms with Gasteiger partial charge in [0.2, 0.25) is 0 Å². The van der Waals surface area contributed by atoms with E-state index < -0.39 is 8.07 Å². The van der Waals surface area contributed by atoms with Gasteiger partial charge < -0.3 is 0 Å². The van der Waals surface area contributed by atoms with Crippen molar-refractivity contribution in [2.75, 3.05) is 0 Å². The lowest BCUT2D eigenvalue weighted by Gasteiger charge is -2.24. The number of aryl methyl sites for hydroxylation is 4. The summed E-state index contributed by atoms with van der Waals surface area (Å²) in [5, 5.41) is 4.22. The lowest BCUT2D eigenvalue weighted by Crippen LogP contribution is -2.16. The number of benzene rings is 5. The van der Waals surface area contributed by atoms with Crippen LogP contribution in [0.5, 0.6) is 0 Å². The van der Waals surface area contributed by atoms with Crippen LogP contribution in [0.3, 0.4) is 0 Å². The maximum Gasteiger partial charge on any atom is 0.194 e. The Labute approximate surface area is 253 Å². The molecule has 0 aliphatic rings. The molecule has 0 aliphatic heterocycles. The SMILES string of the molecule is Cc1cc(C#C[Si](C)(C)C)cc(C)c1C(=O)c1c2ccccc2c(-c2c(C)cc(C(C)(C)C)cc2C)c2ccccc12. The normalized spacial score (nSPS) is 12.0. The second-order valence-electron chi connectivity index (χ2n) is 13.9. The Balaban J connectivity index is 1.81. The van der Waals surface area contributed by atoms with Gasteiger partial charge in [0.05, 0.1) is 0 Å². The first kappa shape index (κ1) is 29.6. The van der Waals surface area contributed by atoms with E-state index >= 15 is 0 Å². The van der Waals surface area contributed by atoms with E-state index in [1.165, 1.54) is 27.8 Å². The summed E-state index contributed by atoms with van der Waals surface area (Å²) >= 11 is 0. The van der Waals surface area contributed by atoms with Crippen molar-refractivity contribution in [3.8, 4) is 22.6 Å². The van der Waals surface area contributed by atoms with Crippen LogP contribution in [0, 0.1) is 39.2 Å². The summed E-state index contributed by atoms with van der Waals surface area (Å²) in [7, 11) is -1.51. The minimum absolute atomic E-state index is 0.0694. The summed E-state index contributed by atoms with van der Waals surface area (Å²) in [6.45, 7) is 22.1. The second-order valence-corrected chi connectivity index (χ2v) is 18.6. The zero-order valence-electron chi connectivity index (χ0n) is 26.8.